The molecule has 0 aliphatic rings. The van der Waals surface area contributed by atoms with Crippen LogP contribution in [0.5, 0.6) is 0 Å². The van der Waals surface area contributed by atoms with Gasteiger partial charge in [0.1, 0.15) is 0 Å². The van der Waals surface area contributed by atoms with Crippen LogP contribution in [0.2, 0.25) is 5.02 Å². The van der Waals surface area contributed by atoms with Crippen LogP contribution in [0.3, 0.4) is 0 Å². The number of hydrogen-bond donors (Lipinski definition) is 1. The van der Waals surface area contributed by atoms with Gasteiger partial charge in [-0.3, -0.25) is 4.98 Å². The van der Waals surface area contributed by atoms with Crippen molar-refractivity contribution >= 4 is 22.5 Å². The van der Waals surface area contributed by atoms with Crippen molar-refractivity contribution in [2.45, 2.75) is 52.6 Å². The molecule has 1 unspecified atom stereocenters. The first-order valence-corrected chi connectivity index (χ1v) is 7.71. The number of fused-ring (bicyclic) bond motifs is 1. The van der Waals surface area contributed by atoms with Crippen molar-refractivity contribution in [3.8, 4) is 0 Å². The van der Waals surface area contributed by atoms with E-state index in [1.165, 1.54) is 5.56 Å². The first kappa shape index (κ1) is 15.3. The monoisotopic (exact) mass is 290 g/mol. The average molecular weight is 291 g/mol. The lowest BCUT2D eigenvalue weighted by Gasteiger charge is -2.15. The Morgan fingerprint density at radius 1 is 1.20 bits per heavy atom. The van der Waals surface area contributed by atoms with E-state index in [9.17, 15) is 0 Å². The van der Waals surface area contributed by atoms with Gasteiger partial charge in [0, 0.05) is 28.7 Å². The second kappa shape index (κ2) is 6.55. The molecule has 1 N–H and O–H groups in total. The second-order valence-electron chi connectivity index (χ2n) is 5.71. The fraction of sp³-hybridized carbons (Fsp3) is 0.471. The van der Waals surface area contributed by atoms with Gasteiger partial charge in [0.05, 0.1) is 5.52 Å². The Morgan fingerprint density at radius 3 is 2.60 bits per heavy atom. The topological polar surface area (TPSA) is 24.9 Å². The lowest BCUT2D eigenvalue weighted by atomic mass is 10.0. The molecule has 3 heteroatoms. The summed E-state index contributed by atoms with van der Waals surface area (Å²) in [5.74, 6) is 0.428. The Bertz CT molecular complexity index is 593. The molecule has 0 amide bonds. The third kappa shape index (κ3) is 3.50. The van der Waals surface area contributed by atoms with Crippen molar-refractivity contribution < 1.29 is 0 Å². The number of pyridine rings is 1. The lowest BCUT2D eigenvalue weighted by molar-refractivity contribution is 0.535. The molecule has 0 aliphatic carbocycles. The lowest BCUT2D eigenvalue weighted by Crippen LogP contribution is -2.24. The van der Waals surface area contributed by atoms with E-state index < -0.39 is 0 Å². The Morgan fingerprint density at radius 2 is 1.95 bits per heavy atom. The van der Waals surface area contributed by atoms with Crippen LogP contribution in [0.25, 0.3) is 10.9 Å². The highest BCUT2D eigenvalue weighted by Gasteiger charge is 2.10. The van der Waals surface area contributed by atoms with Crippen molar-refractivity contribution in [2.24, 2.45) is 0 Å². The predicted molar refractivity (Wildman–Crippen MR) is 87.4 cm³/mol. The van der Waals surface area contributed by atoms with Crippen molar-refractivity contribution in [3.63, 3.8) is 0 Å². The number of benzene rings is 1. The summed E-state index contributed by atoms with van der Waals surface area (Å²) in [6, 6.07) is 8.66. The standard InChI is InChI=1S/C17H23ClN2/c1-5-12(4)19-10-13-8-17(11(2)3)20-16-7-6-14(18)9-15(13)16/h6-9,11-12,19H,5,10H2,1-4H3. The van der Waals surface area contributed by atoms with Gasteiger partial charge in [-0.25, -0.2) is 0 Å². The average Bonchev–Trinajstić information content (AvgIpc) is 2.44. The van der Waals surface area contributed by atoms with Gasteiger partial charge >= 0.3 is 0 Å². The first-order valence-electron chi connectivity index (χ1n) is 7.33. The molecule has 0 bridgehead atoms. The van der Waals surface area contributed by atoms with Crippen molar-refractivity contribution in [1.29, 1.82) is 0 Å². The first-order chi connectivity index (χ1) is 9.51. The number of nitrogens with one attached hydrogen (secondary N) is 1. The van der Waals surface area contributed by atoms with Gasteiger partial charge in [0.2, 0.25) is 0 Å². The molecular weight excluding hydrogens is 268 g/mol. The minimum atomic E-state index is 0.428. The van der Waals surface area contributed by atoms with Gasteiger partial charge in [-0.2, -0.15) is 0 Å². The molecule has 1 heterocycles. The minimum Gasteiger partial charge on any atom is -0.310 e. The van der Waals surface area contributed by atoms with Crippen molar-refractivity contribution in [1.82, 2.24) is 10.3 Å². The van der Waals surface area contributed by atoms with Crippen LogP contribution >= 0.6 is 11.6 Å². The number of nitrogens with zero attached hydrogens (tertiary/aromatic N) is 1. The molecule has 0 saturated heterocycles. The third-order valence-electron chi connectivity index (χ3n) is 3.72. The Balaban J connectivity index is 2.45. The Kier molecular flexibility index (Phi) is 5.00. The number of halogens is 1. The van der Waals surface area contributed by atoms with Gasteiger partial charge in [0.25, 0.3) is 0 Å². The summed E-state index contributed by atoms with van der Waals surface area (Å²) in [6.45, 7) is 9.61. The molecule has 1 aromatic carbocycles. The van der Waals surface area contributed by atoms with E-state index in [4.69, 9.17) is 16.6 Å². The van der Waals surface area contributed by atoms with E-state index in [0.717, 1.165) is 34.6 Å². The fourth-order valence-electron chi connectivity index (χ4n) is 2.16. The van der Waals surface area contributed by atoms with Gasteiger partial charge in [0.15, 0.2) is 0 Å². The van der Waals surface area contributed by atoms with E-state index in [2.05, 4.69) is 39.1 Å². The van der Waals surface area contributed by atoms with Gasteiger partial charge in [-0.15, -0.1) is 0 Å². The summed E-state index contributed by atoms with van der Waals surface area (Å²) >= 11 is 6.13. The number of hydrogen-bond acceptors (Lipinski definition) is 2. The summed E-state index contributed by atoms with van der Waals surface area (Å²) < 4.78 is 0. The van der Waals surface area contributed by atoms with E-state index in [-0.39, 0.29) is 0 Å². The highest BCUT2D eigenvalue weighted by atomic mass is 35.5. The highest BCUT2D eigenvalue weighted by Crippen LogP contribution is 2.25. The Labute approximate surface area is 126 Å². The maximum absolute atomic E-state index is 6.13. The van der Waals surface area contributed by atoms with Crippen LogP contribution < -0.4 is 5.32 Å². The fourth-order valence-corrected chi connectivity index (χ4v) is 2.33. The normalized spacial score (nSPS) is 13.1. The highest BCUT2D eigenvalue weighted by molar-refractivity contribution is 6.31. The van der Waals surface area contributed by atoms with Crippen LogP contribution in [0, 0.1) is 0 Å². The molecule has 1 aromatic heterocycles. The molecule has 2 rings (SSSR count). The molecular formula is C17H23ClN2. The molecule has 0 fully saturated rings. The minimum absolute atomic E-state index is 0.428. The molecule has 108 valence electrons. The zero-order chi connectivity index (χ0) is 14.7. The van der Waals surface area contributed by atoms with Gasteiger partial charge in [-0.05, 0) is 49.1 Å². The van der Waals surface area contributed by atoms with Gasteiger partial charge < -0.3 is 5.32 Å². The maximum Gasteiger partial charge on any atom is 0.0709 e. The van der Waals surface area contributed by atoms with Crippen LogP contribution in [0.15, 0.2) is 24.3 Å². The SMILES string of the molecule is CCC(C)NCc1cc(C(C)C)nc2ccc(Cl)cc12. The summed E-state index contributed by atoms with van der Waals surface area (Å²) in [5, 5.41) is 5.47. The molecule has 0 aliphatic heterocycles. The number of aromatic nitrogens is 1. The van der Waals surface area contributed by atoms with Crippen molar-refractivity contribution in [3.05, 3.63) is 40.5 Å². The molecule has 2 nitrogen and oxygen atoms in total. The summed E-state index contributed by atoms with van der Waals surface area (Å²) in [4.78, 5) is 4.74. The summed E-state index contributed by atoms with van der Waals surface area (Å²) in [6.07, 6.45) is 1.13. The Hall–Kier alpha value is -1.12. The summed E-state index contributed by atoms with van der Waals surface area (Å²) in [7, 11) is 0. The van der Waals surface area contributed by atoms with E-state index in [1.54, 1.807) is 0 Å². The molecule has 1 atom stereocenters. The molecule has 0 radical (unpaired) electrons. The van der Waals surface area contributed by atoms with E-state index in [0.29, 0.717) is 12.0 Å². The van der Waals surface area contributed by atoms with E-state index >= 15 is 0 Å². The zero-order valence-corrected chi connectivity index (χ0v) is 13.5. The second-order valence-corrected chi connectivity index (χ2v) is 6.15. The predicted octanol–water partition coefficient (Wildman–Crippen LogP) is 4.90. The largest absolute Gasteiger partial charge is 0.310 e. The molecule has 2 aromatic rings. The molecule has 0 spiro atoms. The van der Waals surface area contributed by atoms with Crippen LogP contribution in [0.4, 0.5) is 0 Å². The molecule has 0 saturated carbocycles. The zero-order valence-electron chi connectivity index (χ0n) is 12.7. The van der Waals surface area contributed by atoms with Gasteiger partial charge in [-0.1, -0.05) is 32.4 Å². The summed E-state index contributed by atoms with van der Waals surface area (Å²) in [5.41, 5.74) is 3.45. The third-order valence-corrected chi connectivity index (χ3v) is 3.96. The van der Waals surface area contributed by atoms with Crippen molar-refractivity contribution in [2.75, 3.05) is 0 Å². The maximum atomic E-state index is 6.13. The van der Waals surface area contributed by atoms with E-state index in [1.807, 2.05) is 18.2 Å². The number of rotatable bonds is 5. The van der Waals surface area contributed by atoms with Crippen LogP contribution in [-0.4, -0.2) is 11.0 Å². The molecule has 20 heavy (non-hydrogen) atoms. The van der Waals surface area contributed by atoms with Crippen LogP contribution in [-0.2, 0) is 6.54 Å². The quantitative estimate of drug-likeness (QED) is 0.847. The smallest absolute Gasteiger partial charge is 0.0709 e. The van der Waals surface area contributed by atoms with Crippen LogP contribution in [0.1, 0.15) is 51.3 Å².